The molecule has 3 aromatic rings. The van der Waals surface area contributed by atoms with Crippen LogP contribution in [0, 0.1) is 0 Å². The maximum atomic E-state index is 12.4. The fourth-order valence-corrected chi connectivity index (χ4v) is 1.70. The molecule has 0 bridgehead atoms. The van der Waals surface area contributed by atoms with Gasteiger partial charge in [0, 0.05) is 12.6 Å². The maximum absolute atomic E-state index is 12.4. The third kappa shape index (κ3) is 2.59. The number of nitrogens with zero attached hydrogens (tertiary/aromatic N) is 4. The molecule has 3 rings (SSSR count). The number of aromatic nitrogens is 5. The molecule has 3 aromatic heterocycles. The lowest BCUT2D eigenvalue weighted by Gasteiger charge is -2.06. The van der Waals surface area contributed by atoms with E-state index in [0.29, 0.717) is 5.56 Å². The number of halogens is 3. The molecule has 0 fully saturated rings. The minimum atomic E-state index is -4.50. The molecule has 0 aliphatic carbocycles. The molecule has 0 aliphatic rings. The third-order valence-corrected chi connectivity index (χ3v) is 2.69. The summed E-state index contributed by atoms with van der Waals surface area (Å²) in [6.07, 6.45) is -3.43. The van der Waals surface area contributed by atoms with Gasteiger partial charge in [-0.2, -0.15) is 13.2 Å². The molecule has 7 nitrogen and oxygen atoms in total. The van der Waals surface area contributed by atoms with Crippen LogP contribution in [0.5, 0.6) is 0 Å². The van der Waals surface area contributed by atoms with Crippen LogP contribution in [0.15, 0.2) is 27.8 Å². The molecule has 0 aliphatic heterocycles. The monoisotopic (exact) mass is 297 g/mol. The van der Waals surface area contributed by atoms with E-state index in [1.165, 1.54) is 6.07 Å². The van der Waals surface area contributed by atoms with Crippen LogP contribution in [0.2, 0.25) is 0 Å². The first kappa shape index (κ1) is 13.2. The Kier molecular flexibility index (Phi) is 2.92. The molecule has 1 N–H and O–H groups in total. The second-order valence-corrected chi connectivity index (χ2v) is 4.18. The molecular formula is C11H6F3N5O2. The Labute approximate surface area is 113 Å². The van der Waals surface area contributed by atoms with Gasteiger partial charge < -0.3 is 0 Å². The van der Waals surface area contributed by atoms with Gasteiger partial charge in [0.15, 0.2) is 0 Å². The van der Waals surface area contributed by atoms with E-state index in [0.717, 1.165) is 12.3 Å². The van der Waals surface area contributed by atoms with Crippen molar-refractivity contribution in [2.75, 3.05) is 0 Å². The van der Waals surface area contributed by atoms with Crippen LogP contribution in [0.4, 0.5) is 13.2 Å². The molecule has 3 heterocycles. The summed E-state index contributed by atoms with van der Waals surface area (Å²) in [6, 6.07) is 2.09. The van der Waals surface area contributed by atoms with E-state index < -0.39 is 17.4 Å². The molecule has 0 radical (unpaired) electrons. The van der Waals surface area contributed by atoms with E-state index in [9.17, 15) is 18.0 Å². The van der Waals surface area contributed by atoms with Gasteiger partial charge in [0.25, 0.3) is 5.56 Å². The number of pyridine rings is 1. The van der Waals surface area contributed by atoms with Crippen molar-refractivity contribution in [2.45, 2.75) is 12.6 Å². The van der Waals surface area contributed by atoms with E-state index in [1.54, 1.807) is 0 Å². The fourth-order valence-electron chi connectivity index (χ4n) is 1.70. The summed E-state index contributed by atoms with van der Waals surface area (Å²) in [5.74, 6) is 0. The zero-order chi connectivity index (χ0) is 15.0. The van der Waals surface area contributed by atoms with Crippen molar-refractivity contribution in [3.05, 3.63) is 45.6 Å². The van der Waals surface area contributed by atoms with Crippen molar-refractivity contribution in [2.24, 2.45) is 0 Å². The lowest BCUT2D eigenvalue weighted by atomic mass is 10.1. The molecule has 0 atom stereocenters. The summed E-state index contributed by atoms with van der Waals surface area (Å²) in [5.41, 5.74) is -0.794. The highest BCUT2D eigenvalue weighted by Crippen LogP contribution is 2.27. The van der Waals surface area contributed by atoms with Crippen LogP contribution in [0.25, 0.3) is 11.3 Å². The van der Waals surface area contributed by atoms with E-state index in [-0.39, 0.29) is 23.4 Å². The first-order valence-electron chi connectivity index (χ1n) is 5.67. The second-order valence-electron chi connectivity index (χ2n) is 4.18. The topological polar surface area (TPSA) is 97.6 Å². The average Bonchev–Trinajstić information content (AvgIpc) is 2.86. The minimum absolute atomic E-state index is 0.0171. The van der Waals surface area contributed by atoms with E-state index in [4.69, 9.17) is 0 Å². The van der Waals surface area contributed by atoms with Gasteiger partial charge in [0.1, 0.15) is 11.4 Å². The number of nitrogens with one attached hydrogen (secondary N) is 1. The van der Waals surface area contributed by atoms with Crippen LogP contribution in [0.3, 0.4) is 0 Å². The number of alkyl halides is 3. The van der Waals surface area contributed by atoms with Gasteiger partial charge in [0.2, 0.25) is 11.3 Å². The molecule has 0 aromatic carbocycles. The molecule has 0 saturated carbocycles. The minimum Gasteiger partial charge on any atom is -0.299 e. The van der Waals surface area contributed by atoms with E-state index >= 15 is 0 Å². The molecule has 0 spiro atoms. The molecule has 10 heteroatoms. The quantitative estimate of drug-likeness (QED) is 0.766. The largest absolute Gasteiger partial charge is 0.433 e. The number of H-pyrrole nitrogens is 1. The highest BCUT2D eigenvalue weighted by atomic mass is 19.4. The summed E-state index contributed by atoms with van der Waals surface area (Å²) in [4.78, 5) is 21.4. The Hall–Kier alpha value is -2.78. The highest BCUT2D eigenvalue weighted by Gasteiger charge is 2.32. The first-order chi connectivity index (χ1) is 9.93. The number of rotatable bonds is 2. The van der Waals surface area contributed by atoms with Gasteiger partial charge in [-0.25, -0.2) is 9.61 Å². The van der Waals surface area contributed by atoms with Crippen molar-refractivity contribution in [1.82, 2.24) is 25.3 Å². The van der Waals surface area contributed by atoms with E-state index in [1.807, 2.05) is 0 Å². The Bertz CT molecular complexity index is 837. The summed E-state index contributed by atoms with van der Waals surface area (Å²) >= 11 is 0. The van der Waals surface area contributed by atoms with Gasteiger partial charge >= 0.3 is 6.18 Å². The Morgan fingerprint density at radius 1 is 1.24 bits per heavy atom. The second kappa shape index (κ2) is 4.65. The van der Waals surface area contributed by atoms with Crippen LogP contribution < -0.4 is 5.56 Å². The summed E-state index contributed by atoms with van der Waals surface area (Å²) in [5, 5.41) is 6.90. The predicted octanol–water partition coefficient (Wildman–Crippen LogP) is 1.31. The SMILES string of the molecule is O=c1[nH]c2nonc2nc1Cc1ccc(C(F)(F)F)nc1. The third-order valence-electron chi connectivity index (χ3n) is 2.69. The number of fused-ring (bicyclic) bond motifs is 1. The highest BCUT2D eigenvalue weighted by molar-refractivity contribution is 5.62. The number of hydrogen-bond donors (Lipinski definition) is 1. The Morgan fingerprint density at radius 2 is 2.05 bits per heavy atom. The molecule has 0 unspecified atom stereocenters. The molecule has 0 amide bonds. The van der Waals surface area contributed by atoms with Gasteiger partial charge in [-0.05, 0) is 21.9 Å². The maximum Gasteiger partial charge on any atom is 0.433 e. The van der Waals surface area contributed by atoms with Gasteiger partial charge in [0.05, 0.1) is 0 Å². The van der Waals surface area contributed by atoms with Crippen molar-refractivity contribution in [1.29, 1.82) is 0 Å². The number of hydrogen-bond acceptors (Lipinski definition) is 6. The van der Waals surface area contributed by atoms with Crippen molar-refractivity contribution >= 4 is 11.3 Å². The zero-order valence-corrected chi connectivity index (χ0v) is 10.2. The van der Waals surface area contributed by atoms with Crippen molar-refractivity contribution < 1.29 is 17.8 Å². The van der Waals surface area contributed by atoms with Crippen molar-refractivity contribution in [3.8, 4) is 0 Å². The smallest absolute Gasteiger partial charge is 0.299 e. The van der Waals surface area contributed by atoms with Crippen molar-refractivity contribution in [3.63, 3.8) is 0 Å². The standard InChI is InChI=1S/C11H6F3N5O2/c12-11(13,14)7-2-1-5(4-15-7)3-6-10(20)17-9-8(16-6)18-21-19-9/h1-2,4H,3H2,(H,17,19,20). The Balaban J connectivity index is 1.91. The normalized spacial score (nSPS) is 12.0. The Morgan fingerprint density at radius 3 is 2.71 bits per heavy atom. The lowest BCUT2D eigenvalue weighted by molar-refractivity contribution is -0.141. The van der Waals surface area contributed by atoms with E-state index in [2.05, 4.69) is 29.9 Å². The predicted molar refractivity (Wildman–Crippen MR) is 62.3 cm³/mol. The molecule has 0 saturated heterocycles. The molecule has 21 heavy (non-hydrogen) atoms. The van der Waals surface area contributed by atoms with Gasteiger partial charge in [-0.15, -0.1) is 0 Å². The van der Waals surface area contributed by atoms with Gasteiger partial charge in [-0.3, -0.25) is 14.8 Å². The van der Waals surface area contributed by atoms with Crippen LogP contribution >= 0.6 is 0 Å². The van der Waals surface area contributed by atoms with Crippen LogP contribution in [-0.4, -0.2) is 25.3 Å². The average molecular weight is 297 g/mol. The fraction of sp³-hybridized carbons (Fsp3) is 0.182. The van der Waals surface area contributed by atoms with Crippen LogP contribution in [-0.2, 0) is 12.6 Å². The lowest BCUT2D eigenvalue weighted by Crippen LogP contribution is -2.16. The first-order valence-corrected chi connectivity index (χ1v) is 5.67. The number of aromatic amines is 1. The zero-order valence-electron chi connectivity index (χ0n) is 10.2. The molecule has 108 valence electrons. The molecular weight excluding hydrogens is 291 g/mol. The van der Waals surface area contributed by atoms with Gasteiger partial charge in [-0.1, -0.05) is 6.07 Å². The summed E-state index contributed by atoms with van der Waals surface area (Å²) in [6.45, 7) is 0. The van der Waals surface area contributed by atoms with Crippen LogP contribution in [0.1, 0.15) is 17.0 Å². The summed E-state index contributed by atoms with van der Waals surface area (Å²) in [7, 11) is 0. The summed E-state index contributed by atoms with van der Waals surface area (Å²) < 4.78 is 41.6.